The monoisotopic (exact) mass is 247 g/mol. The van der Waals surface area contributed by atoms with E-state index in [2.05, 4.69) is 0 Å². The number of aryl methyl sites for hydroxylation is 1. The SMILES string of the molecule is O=CN1CC(Oc2ccc3c(c2)OB(O)CC3)C1. The van der Waals surface area contributed by atoms with E-state index in [1.165, 1.54) is 0 Å². The van der Waals surface area contributed by atoms with Crippen molar-refractivity contribution in [3.05, 3.63) is 23.8 Å². The quantitative estimate of drug-likeness (QED) is 0.617. The van der Waals surface area contributed by atoms with Gasteiger partial charge in [0.25, 0.3) is 0 Å². The zero-order valence-corrected chi connectivity index (χ0v) is 9.91. The lowest BCUT2D eigenvalue weighted by Gasteiger charge is -2.36. The predicted octanol–water partition coefficient (Wildman–Crippen LogP) is 0.321. The molecule has 1 saturated heterocycles. The van der Waals surface area contributed by atoms with Gasteiger partial charge in [0.05, 0.1) is 13.1 Å². The Balaban J connectivity index is 1.67. The van der Waals surface area contributed by atoms with Crippen LogP contribution in [0.15, 0.2) is 18.2 Å². The molecule has 0 atom stereocenters. The van der Waals surface area contributed by atoms with Crippen LogP contribution in [0.4, 0.5) is 0 Å². The van der Waals surface area contributed by atoms with Crippen LogP contribution < -0.4 is 9.39 Å². The van der Waals surface area contributed by atoms with Gasteiger partial charge in [-0.05, 0) is 24.4 Å². The van der Waals surface area contributed by atoms with E-state index >= 15 is 0 Å². The third-order valence-electron chi connectivity index (χ3n) is 3.29. The summed E-state index contributed by atoms with van der Waals surface area (Å²) in [6.45, 7) is 1.26. The van der Waals surface area contributed by atoms with E-state index in [-0.39, 0.29) is 6.10 Å². The number of rotatable bonds is 3. The van der Waals surface area contributed by atoms with Crippen molar-refractivity contribution in [1.82, 2.24) is 4.90 Å². The van der Waals surface area contributed by atoms with E-state index in [0.717, 1.165) is 24.1 Å². The molecule has 1 aromatic rings. The average Bonchev–Trinajstić information content (AvgIpc) is 2.32. The van der Waals surface area contributed by atoms with Crippen molar-refractivity contribution in [2.75, 3.05) is 13.1 Å². The van der Waals surface area contributed by atoms with Crippen LogP contribution in [-0.4, -0.2) is 42.6 Å². The maximum Gasteiger partial charge on any atom is 0.522 e. The van der Waals surface area contributed by atoms with Gasteiger partial charge < -0.3 is 19.3 Å². The van der Waals surface area contributed by atoms with Gasteiger partial charge in [0.1, 0.15) is 17.6 Å². The standard InChI is InChI=1S/C12H14BNO4/c15-8-14-6-11(7-14)17-10-2-1-9-3-4-13(16)18-12(9)5-10/h1-2,5,8,11,16H,3-4,6-7H2. The molecule has 94 valence electrons. The Bertz CT molecular complexity index is 461. The van der Waals surface area contributed by atoms with Gasteiger partial charge in [0.15, 0.2) is 0 Å². The summed E-state index contributed by atoms with van der Waals surface area (Å²) in [7, 11) is -0.720. The third-order valence-corrected chi connectivity index (χ3v) is 3.29. The first kappa shape index (κ1) is 11.4. The zero-order valence-electron chi connectivity index (χ0n) is 9.91. The second kappa shape index (κ2) is 4.53. The van der Waals surface area contributed by atoms with E-state index < -0.39 is 7.12 Å². The van der Waals surface area contributed by atoms with Crippen molar-refractivity contribution in [3.8, 4) is 11.5 Å². The smallest absolute Gasteiger partial charge is 0.522 e. The van der Waals surface area contributed by atoms with E-state index in [9.17, 15) is 9.82 Å². The van der Waals surface area contributed by atoms with Crippen molar-refractivity contribution in [2.24, 2.45) is 0 Å². The fraction of sp³-hybridized carbons (Fsp3) is 0.417. The molecule has 6 heteroatoms. The molecule has 1 amide bonds. The summed E-state index contributed by atoms with van der Waals surface area (Å²) < 4.78 is 11.1. The Morgan fingerprint density at radius 3 is 3.11 bits per heavy atom. The molecule has 0 unspecified atom stereocenters. The van der Waals surface area contributed by atoms with Crippen LogP contribution >= 0.6 is 0 Å². The highest BCUT2D eigenvalue weighted by Crippen LogP contribution is 2.31. The fourth-order valence-electron chi connectivity index (χ4n) is 2.23. The summed E-state index contributed by atoms with van der Waals surface area (Å²) in [4.78, 5) is 12.1. The minimum Gasteiger partial charge on any atom is -0.536 e. The summed E-state index contributed by atoms with van der Waals surface area (Å²) in [5.74, 6) is 1.41. The Morgan fingerprint density at radius 2 is 2.33 bits per heavy atom. The minimum absolute atomic E-state index is 0.0572. The summed E-state index contributed by atoms with van der Waals surface area (Å²) in [5, 5.41) is 9.44. The van der Waals surface area contributed by atoms with Crippen molar-refractivity contribution < 1.29 is 19.2 Å². The predicted molar refractivity (Wildman–Crippen MR) is 65.6 cm³/mol. The summed E-state index contributed by atoms with van der Waals surface area (Å²) >= 11 is 0. The summed E-state index contributed by atoms with van der Waals surface area (Å²) in [6.07, 6.45) is 2.33. The molecular weight excluding hydrogens is 233 g/mol. The number of fused-ring (bicyclic) bond motifs is 1. The Hall–Kier alpha value is -1.69. The van der Waals surface area contributed by atoms with Crippen LogP contribution in [0.1, 0.15) is 5.56 Å². The molecule has 2 aliphatic heterocycles. The van der Waals surface area contributed by atoms with Gasteiger partial charge in [0.2, 0.25) is 6.41 Å². The topological polar surface area (TPSA) is 59.0 Å². The molecule has 0 radical (unpaired) electrons. The number of hydrogen-bond donors (Lipinski definition) is 1. The third kappa shape index (κ3) is 2.16. The van der Waals surface area contributed by atoms with Gasteiger partial charge in [0, 0.05) is 6.07 Å². The minimum atomic E-state index is -0.720. The van der Waals surface area contributed by atoms with Crippen molar-refractivity contribution in [3.63, 3.8) is 0 Å². The molecular formula is C12H14BNO4. The largest absolute Gasteiger partial charge is 0.536 e. The molecule has 5 nitrogen and oxygen atoms in total. The second-order valence-electron chi connectivity index (χ2n) is 4.68. The molecule has 0 aromatic heterocycles. The highest BCUT2D eigenvalue weighted by atomic mass is 16.5. The van der Waals surface area contributed by atoms with Gasteiger partial charge >= 0.3 is 7.12 Å². The number of likely N-dealkylation sites (tertiary alicyclic amines) is 1. The first-order valence-corrected chi connectivity index (χ1v) is 6.08. The van der Waals surface area contributed by atoms with E-state index in [1.54, 1.807) is 11.0 Å². The van der Waals surface area contributed by atoms with Crippen LogP contribution in [-0.2, 0) is 11.2 Å². The molecule has 0 bridgehead atoms. The van der Waals surface area contributed by atoms with Crippen LogP contribution in [0.2, 0.25) is 6.32 Å². The Labute approximate surface area is 105 Å². The van der Waals surface area contributed by atoms with Crippen LogP contribution in [0.5, 0.6) is 11.5 Å². The van der Waals surface area contributed by atoms with E-state index in [4.69, 9.17) is 9.39 Å². The van der Waals surface area contributed by atoms with Gasteiger partial charge in [-0.25, -0.2) is 0 Å². The summed E-state index contributed by atoms with van der Waals surface area (Å²) in [5.41, 5.74) is 1.09. The lowest BCUT2D eigenvalue weighted by molar-refractivity contribution is -0.126. The molecule has 1 aromatic carbocycles. The van der Waals surface area contributed by atoms with Crippen molar-refractivity contribution in [1.29, 1.82) is 0 Å². The maximum absolute atomic E-state index is 10.4. The van der Waals surface area contributed by atoms with E-state index in [1.807, 2.05) is 12.1 Å². The first-order valence-electron chi connectivity index (χ1n) is 6.08. The Morgan fingerprint density at radius 1 is 1.50 bits per heavy atom. The zero-order chi connectivity index (χ0) is 12.5. The van der Waals surface area contributed by atoms with Gasteiger partial charge in [-0.1, -0.05) is 6.07 Å². The number of hydrogen-bond acceptors (Lipinski definition) is 4. The molecule has 1 fully saturated rings. The Kier molecular flexibility index (Phi) is 2.87. The molecule has 1 N–H and O–H groups in total. The van der Waals surface area contributed by atoms with Gasteiger partial charge in [-0.15, -0.1) is 0 Å². The van der Waals surface area contributed by atoms with Crippen LogP contribution in [0.25, 0.3) is 0 Å². The van der Waals surface area contributed by atoms with Gasteiger partial charge in [-0.3, -0.25) is 4.79 Å². The lowest BCUT2D eigenvalue weighted by atomic mass is 9.79. The number of benzene rings is 1. The molecule has 2 aliphatic rings. The number of carbonyl (C=O) groups excluding carboxylic acids is 1. The second-order valence-corrected chi connectivity index (χ2v) is 4.68. The lowest BCUT2D eigenvalue weighted by Crippen LogP contribution is -2.52. The van der Waals surface area contributed by atoms with Crippen molar-refractivity contribution in [2.45, 2.75) is 18.8 Å². The van der Waals surface area contributed by atoms with E-state index in [0.29, 0.717) is 25.2 Å². The molecule has 2 heterocycles. The number of carbonyl (C=O) groups is 1. The molecule has 0 saturated carbocycles. The molecule has 18 heavy (non-hydrogen) atoms. The average molecular weight is 247 g/mol. The van der Waals surface area contributed by atoms with Crippen LogP contribution in [0.3, 0.4) is 0 Å². The first-order chi connectivity index (χ1) is 8.74. The van der Waals surface area contributed by atoms with Crippen molar-refractivity contribution >= 4 is 13.5 Å². The van der Waals surface area contributed by atoms with Gasteiger partial charge in [-0.2, -0.15) is 0 Å². The van der Waals surface area contributed by atoms with Crippen LogP contribution in [0, 0.1) is 0 Å². The number of nitrogens with zero attached hydrogens (tertiary/aromatic N) is 1. The fourth-order valence-corrected chi connectivity index (χ4v) is 2.23. The maximum atomic E-state index is 10.4. The molecule has 0 spiro atoms. The number of amides is 1. The highest BCUT2D eigenvalue weighted by Gasteiger charge is 2.28. The highest BCUT2D eigenvalue weighted by molar-refractivity contribution is 6.44. The summed E-state index contributed by atoms with van der Waals surface area (Å²) in [6, 6.07) is 5.68. The molecule has 3 rings (SSSR count). The molecule has 0 aliphatic carbocycles. The normalized spacial score (nSPS) is 18.7. The number of ether oxygens (including phenoxy) is 1.